The van der Waals surface area contributed by atoms with Crippen LogP contribution in [0.15, 0.2) is 54.6 Å². The first kappa shape index (κ1) is 22.1. The van der Waals surface area contributed by atoms with E-state index in [4.69, 9.17) is 4.74 Å². The molecule has 1 aliphatic carbocycles. The molecule has 0 N–H and O–H groups in total. The first-order chi connectivity index (χ1) is 16.3. The molecule has 0 aromatic heterocycles. The lowest BCUT2D eigenvalue weighted by molar-refractivity contribution is -0.139. The molecule has 2 fully saturated rings. The topological polar surface area (TPSA) is 84.0 Å². The molecular formula is C27H26N2O5. The summed E-state index contributed by atoms with van der Waals surface area (Å²) in [6.45, 7) is 4.14. The Morgan fingerprint density at radius 2 is 1.53 bits per heavy atom. The van der Waals surface area contributed by atoms with Gasteiger partial charge in [0.05, 0.1) is 23.4 Å². The summed E-state index contributed by atoms with van der Waals surface area (Å²) >= 11 is 0. The number of nitrogens with zero attached hydrogens (tertiary/aromatic N) is 2. The van der Waals surface area contributed by atoms with Crippen molar-refractivity contribution in [2.45, 2.75) is 33.1 Å². The summed E-state index contributed by atoms with van der Waals surface area (Å²) in [7, 11) is 0. The number of rotatable bonds is 4. The molecule has 0 radical (unpaired) electrons. The van der Waals surface area contributed by atoms with Crippen molar-refractivity contribution < 1.29 is 23.9 Å². The van der Waals surface area contributed by atoms with E-state index in [0.717, 1.165) is 16.8 Å². The van der Waals surface area contributed by atoms with E-state index >= 15 is 0 Å². The number of para-hydroxylation sites is 1. The van der Waals surface area contributed by atoms with Gasteiger partial charge >= 0.3 is 5.97 Å². The second-order valence-electron chi connectivity index (χ2n) is 9.23. The standard InChI is InChI=1S/C27H26N2O5/c1-16-7-5-8-17(2)24(16)28-15-18(13-23(28)30)27(33)34-20-10-6-9-19(14-20)29-25(31)21-11-3-4-12-22(21)26(29)32/h3-10,14,18,21-22H,11-13,15H2,1-2H3/t18-,21-,22+/m1/s1. The summed E-state index contributed by atoms with van der Waals surface area (Å²) in [6, 6.07) is 12.3. The van der Waals surface area contributed by atoms with Gasteiger partial charge in [0, 0.05) is 24.7 Å². The summed E-state index contributed by atoms with van der Waals surface area (Å²) < 4.78 is 5.60. The Morgan fingerprint density at radius 1 is 0.912 bits per heavy atom. The molecule has 2 aromatic carbocycles. The SMILES string of the molecule is Cc1cccc(C)c1N1C[C@H](C(=O)Oc2cccc(N3C(=O)[C@H]4CC=CC[C@H]4C3=O)c2)CC1=O. The maximum Gasteiger partial charge on any atom is 0.316 e. The second kappa shape index (κ2) is 8.56. The van der Waals surface area contributed by atoms with E-state index in [-0.39, 0.29) is 48.3 Å². The number of fused-ring (bicyclic) bond motifs is 1. The van der Waals surface area contributed by atoms with Gasteiger partial charge in [-0.2, -0.15) is 0 Å². The largest absolute Gasteiger partial charge is 0.426 e. The highest BCUT2D eigenvalue weighted by Gasteiger charge is 2.48. The Labute approximate surface area is 198 Å². The van der Waals surface area contributed by atoms with Crippen LogP contribution in [-0.4, -0.2) is 30.2 Å². The number of carbonyl (C=O) groups is 4. The number of amides is 3. The van der Waals surface area contributed by atoms with Crippen LogP contribution in [0, 0.1) is 31.6 Å². The number of imide groups is 1. The maximum absolute atomic E-state index is 12.9. The van der Waals surface area contributed by atoms with Crippen LogP contribution in [0.3, 0.4) is 0 Å². The van der Waals surface area contributed by atoms with E-state index in [1.54, 1.807) is 29.2 Å². The molecule has 34 heavy (non-hydrogen) atoms. The van der Waals surface area contributed by atoms with Crippen LogP contribution in [0.2, 0.25) is 0 Å². The van der Waals surface area contributed by atoms with E-state index in [1.165, 1.54) is 4.90 Å². The monoisotopic (exact) mass is 458 g/mol. The highest BCUT2D eigenvalue weighted by atomic mass is 16.5. The van der Waals surface area contributed by atoms with Crippen molar-refractivity contribution in [2.75, 3.05) is 16.3 Å². The number of hydrogen-bond donors (Lipinski definition) is 0. The predicted octanol–water partition coefficient (Wildman–Crippen LogP) is 3.72. The zero-order valence-electron chi connectivity index (χ0n) is 19.2. The van der Waals surface area contributed by atoms with Crippen molar-refractivity contribution in [3.63, 3.8) is 0 Å². The fourth-order valence-corrected chi connectivity index (χ4v) is 5.25. The van der Waals surface area contributed by atoms with E-state index in [2.05, 4.69) is 0 Å². The molecule has 2 aliphatic heterocycles. The Bertz CT molecular complexity index is 1190. The number of hydrogen-bond acceptors (Lipinski definition) is 5. The first-order valence-electron chi connectivity index (χ1n) is 11.6. The van der Waals surface area contributed by atoms with Gasteiger partial charge in [0.1, 0.15) is 5.75 Å². The van der Waals surface area contributed by atoms with Crippen molar-refractivity contribution >= 4 is 35.1 Å². The van der Waals surface area contributed by atoms with Gasteiger partial charge in [-0.1, -0.05) is 36.4 Å². The molecule has 0 unspecified atom stereocenters. The van der Waals surface area contributed by atoms with Gasteiger partial charge in [-0.3, -0.25) is 19.2 Å². The zero-order valence-corrected chi connectivity index (χ0v) is 19.2. The molecule has 7 nitrogen and oxygen atoms in total. The van der Waals surface area contributed by atoms with Crippen LogP contribution in [0.1, 0.15) is 30.4 Å². The molecule has 3 amide bonds. The summed E-state index contributed by atoms with van der Waals surface area (Å²) in [5.74, 6) is -2.06. The molecule has 2 saturated heterocycles. The third-order valence-electron chi connectivity index (χ3n) is 6.97. The van der Waals surface area contributed by atoms with Gasteiger partial charge < -0.3 is 9.64 Å². The Kier molecular flexibility index (Phi) is 5.55. The molecule has 0 saturated carbocycles. The predicted molar refractivity (Wildman–Crippen MR) is 126 cm³/mol. The van der Waals surface area contributed by atoms with Gasteiger partial charge in [0.2, 0.25) is 17.7 Å². The number of esters is 1. The van der Waals surface area contributed by atoms with Crippen molar-refractivity contribution in [1.82, 2.24) is 0 Å². The number of aryl methyl sites for hydroxylation is 2. The number of carbonyl (C=O) groups excluding carboxylic acids is 4. The smallest absolute Gasteiger partial charge is 0.316 e. The molecule has 2 heterocycles. The Morgan fingerprint density at radius 3 is 2.18 bits per heavy atom. The highest BCUT2D eigenvalue weighted by Crippen LogP contribution is 2.38. The molecule has 2 aromatic rings. The van der Waals surface area contributed by atoms with Crippen molar-refractivity contribution in [2.24, 2.45) is 17.8 Å². The third kappa shape index (κ3) is 3.71. The average molecular weight is 459 g/mol. The van der Waals surface area contributed by atoms with Crippen molar-refractivity contribution in [3.8, 4) is 5.75 Å². The van der Waals surface area contributed by atoms with Crippen LogP contribution in [0.5, 0.6) is 5.75 Å². The lowest BCUT2D eigenvalue weighted by Crippen LogP contribution is -2.31. The third-order valence-corrected chi connectivity index (χ3v) is 6.97. The Balaban J connectivity index is 1.31. The molecule has 174 valence electrons. The van der Waals surface area contributed by atoms with Crippen LogP contribution >= 0.6 is 0 Å². The molecule has 7 heteroatoms. The number of anilines is 2. The second-order valence-corrected chi connectivity index (χ2v) is 9.23. The average Bonchev–Trinajstić information content (AvgIpc) is 3.32. The minimum absolute atomic E-state index is 0.0752. The van der Waals surface area contributed by atoms with Gasteiger partial charge in [-0.25, -0.2) is 4.90 Å². The fourth-order valence-electron chi connectivity index (χ4n) is 5.25. The van der Waals surface area contributed by atoms with Crippen LogP contribution in [0.25, 0.3) is 0 Å². The van der Waals surface area contributed by atoms with Gasteiger partial charge in [-0.05, 0) is 49.9 Å². The lowest BCUT2D eigenvalue weighted by Gasteiger charge is -2.21. The normalized spacial score (nSPS) is 24.1. The van der Waals surface area contributed by atoms with Crippen LogP contribution < -0.4 is 14.5 Å². The van der Waals surface area contributed by atoms with Crippen molar-refractivity contribution in [3.05, 3.63) is 65.7 Å². The molecule has 3 atom stereocenters. The van der Waals surface area contributed by atoms with Crippen molar-refractivity contribution in [1.29, 1.82) is 0 Å². The molecule has 5 rings (SSSR count). The molecule has 0 spiro atoms. The number of allylic oxidation sites excluding steroid dienone is 2. The summed E-state index contributed by atoms with van der Waals surface area (Å²) in [6.07, 6.45) is 5.09. The molecule has 0 bridgehead atoms. The summed E-state index contributed by atoms with van der Waals surface area (Å²) in [5.41, 5.74) is 3.19. The minimum atomic E-state index is -0.598. The number of benzene rings is 2. The van der Waals surface area contributed by atoms with Crippen LogP contribution in [0.4, 0.5) is 11.4 Å². The Hall–Kier alpha value is -3.74. The summed E-state index contributed by atoms with van der Waals surface area (Å²) in [5, 5.41) is 0. The van der Waals surface area contributed by atoms with Gasteiger partial charge in [0.25, 0.3) is 0 Å². The summed E-state index contributed by atoms with van der Waals surface area (Å²) in [4.78, 5) is 54.2. The first-order valence-corrected chi connectivity index (χ1v) is 11.6. The van der Waals surface area contributed by atoms with E-state index in [1.807, 2.05) is 44.2 Å². The van der Waals surface area contributed by atoms with E-state index < -0.39 is 11.9 Å². The lowest BCUT2D eigenvalue weighted by atomic mass is 9.85. The fraction of sp³-hybridized carbons (Fsp3) is 0.333. The zero-order chi connectivity index (χ0) is 24.0. The van der Waals surface area contributed by atoms with E-state index in [0.29, 0.717) is 18.5 Å². The quantitative estimate of drug-likeness (QED) is 0.302. The van der Waals surface area contributed by atoms with Gasteiger partial charge in [0.15, 0.2) is 0 Å². The van der Waals surface area contributed by atoms with E-state index in [9.17, 15) is 19.2 Å². The van der Waals surface area contributed by atoms with Crippen LogP contribution in [-0.2, 0) is 19.2 Å². The molecular weight excluding hydrogens is 432 g/mol. The minimum Gasteiger partial charge on any atom is -0.426 e. The van der Waals surface area contributed by atoms with Gasteiger partial charge in [-0.15, -0.1) is 0 Å². The molecule has 3 aliphatic rings. The highest BCUT2D eigenvalue weighted by molar-refractivity contribution is 6.22. The maximum atomic E-state index is 12.9. The number of ether oxygens (including phenoxy) is 1.